The molecule has 0 aliphatic heterocycles. The van der Waals surface area contributed by atoms with Gasteiger partial charge in [-0.25, -0.2) is 0 Å². The quantitative estimate of drug-likeness (QED) is 0.0955. The maximum Gasteiger partial charge on any atom is 0.0714 e. The van der Waals surface area contributed by atoms with Gasteiger partial charge in [-0.05, 0) is 130 Å². The minimum Gasteiger partial charge on any atom is -0.310 e. The molecule has 0 unspecified atom stereocenters. The molecule has 0 saturated heterocycles. The first-order valence-corrected chi connectivity index (χ1v) is 20.9. The van der Waals surface area contributed by atoms with Crippen LogP contribution in [0.15, 0.2) is 158 Å². The molecule has 0 spiro atoms. The maximum absolute atomic E-state index is 2.51. The van der Waals surface area contributed by atoms with Crippen LogP contribution in [-0.2, 0) is 18.3 Å². The van der Waals surface area contributed by atoms with E-state index in [0.717, 1.165) is 29.9 Å². The van der Waals surface area contributed by atoms with E-state index in [2.05, 4.69) is 183 Å². The fraction of sp³-hybridized carbons (Fsp3) is 0.259. The molecule has 0 aromatic heterocycles. The van der Waals surface area contributed by atoms with Crippen molar-refractivity contribution in [3.63, 3.8) is 0 Å². The van der Waals surface area contributed by atoms with E-state index in [0.29, 0.717) is 0 Å². The zero-order valence-corrected chi connectivity index (χ0v) is 33.0. The van der Waals surface area contributed by atoms with Gasteiger partial charge in [0.15, 0.2) is 0 Å². The Bertz CT molecular complexity index is 2240. The molecule has 276 valence electrons. The van der Waals surface area contributed by atoms with Crippen LogP contribution in [-0.4, -0.2) is 0 Å². The van der Waals surface area contributed by atoms with Crippen LogP contribution in [0, 0.1) is 6.92 Å². The normalized spacial score (nSPS) is 12.8. The van der Waals surface area contributed by atoms with Crippen LogP contribution in [0.3, 0.4) is 0 Å². The molecule has 0 radical (unpaired) electrons. The first-order valence-electron chi connectivity index (χ1n) is 20.9. The number of aryl methyl sites for hydroxylation is 3. The summed E-state index contributed by atoms with van der Waals surface area (Å²) in [4.78, 5) is 2.41. The Morgan fingerprint density at radius 3 is 1.47 bits per heavy atom. The summed E-state index contributed by atoms with van der Waals surface area (Å²) in [6.45, 7) is 6.88. The average molecular weight is 718 g/mol. The van der Waals surface area contributed by atoms with Gasteiger partial charge in [0.1, 0.15) is 0 Å². The summed E-state index contributed by atoms with van der Waals surface area (Å²) in [6.07, 6.45) is 12.5. The Hall–Kier alpha value is -5.40. The van der Waals surface area contributed by atoms with Gasteiger partial charge in [-0.1, -0.05) is 174 Å². The molecule has 0 bridgehead atoms. The predicted molar refractivity (Wildman–Crippen MR) is 236 cm³/mol. The Balaban J connectivity index is 1.38. The van der Waals surface area contributed by atoms with E-state index < -0.39 is 5.41 Å². The van der Waals surface area contributed by atoms with Gasteiger partial charge >= 0.3 is 0 Å². The number of nitrogens with zero attached hydrogens (tertiary/aromatic N) is 1. The molecule has 55 heavy (non-hydrogen) atoms. The van der Waals surface area contributed by atoms with Crippen LogP contribution in [0.1, 0.15) is 104 Å². The zero-order chi connectivity index (χ0) is 37.6. The zero-order valence-electron chi connectivity index (χ0n) is 33.0. The number of unbranched alkanes of at least 4 members (excludes halogenated alkanes) is 6. The molecule has 0 heterocycles. The van der Waals surface area contributed by atoms with E-state index in [-0.39, 0.29) is 0 Å². The highest BCUT2D eigenvalue weighted by atomic mass is 15.1. The molecule has 1 aliphatic carbocycles. The maximum atomic E-state index is 2.51. The van der Waals surface area contributed by atoms with Crippen LogP contribution in [0.5, 0.6) is 0 Å². The molecule has 7 aromatic carbocycles. The smallest absolute Gasteiger partial charge is 0.0714 e. The monoisotopic (exact) mass is 717 g/mol. The number of anilines is 3. The molecule has 0 fully saturated rings. The van der Waals surface area contributed by atoms with Gasteiger partial charge in [0.2, 0.25) is 0 Å². The minimum atomic E-state index is -0.504. The number of para-hydroxylation sites is 2. The van der Waals surface area contributed by atoms with E-state index in [1.54, 1.807) is 0 Å². The van der Waals surface area contributed by atoms with E-state index in [9.17, 15) is 0 Å². The summed E-state index contributed by atoms with van der Waals surface area (Å²) >= 11 is 0. The molecule has 0 N–H and O–H groups in total. The topological polar surface area (TPSA) is 3.24 Å². The number of rotatable bonds is 15. The van der Waals surface area contributed by atoms with Crippen LogP contribution < -0.4 is 4.90 Å². The van der Waals surface area contributed by atoms with Crippen molar-refractivity contribution < 1.29 is 0 Å². The average Bonchev–Trinajstić information content (AvgIpc) is 3.52. The standard InChI is InChI=1S/C54H55N/c1-4-6-8-12-20-41-28-32-43(33-29-41)54(44-34-30-42(31-35-44)21-13-9-7-5-2)51-39-47(55(45-22-14-10-15-23-45)46-24-16-11-17-25-46)36-37-50(51)53-49-27-19-18-26-48(49)40(3)38-52(53)54/h10-11,14-19,22-39H,4-9,12-13,20-21H2,1-3H3. The van der Waals surface area contributed by atoms with Crippen molar-refractivity contribution in [2.45, 2.75) is 90.4 Å². The van der Waals surface area contributed by atoms with Gasteiger partial charge in [-0.2, -0.15) is 0 Å². The first kappa shape index (κ1) is 36.6. The van der Waals surface area contributed by atoms with Crippen LogP contribution in [0.25, 0.3) is 21.9 Å². The number of hydrogen-bond donors (Lipinski definition) is 0. The summed E-state index contributed by atoms with van der Waals surface area (Å²) in [6, 6.07) is 59.9. The summed E-state index contributed by atoms with van der Waals surface area (Å²) < 4.78 is 0. The number of hydrogen-bond acceptors (Lipinski definition) is 1. The van der Waals surface area contributed by atoms with Crippen LogP contribution in [0.4, 0.5) is 17.1 Å². The molecular formula is C54H55N. The minimum absolute atomic E-state index is 0.504. The van der Waals surface area contributed by atoms with Crippen LogP contribution in [0.2, 0.25) is 0 Å². The van der Waals surface area contributed by atoms with Gasteiger partial charge in [0.05, 0.1) is 5.41 Å². The molecule has 0 saturated carbocycles. The Labute approximate surface area is 329 Å². The highest BCUT2D eigenvalue weighted by Gasteiger charge is 2.47. The molecule has 8 rings (SSSR count). The SMILES string of the molecule is CCCCCCc1ccc(C2(c3ccc(CCCCCC)cc3)c3cc(N(c4ccccc4)c4ccccc4)ccc3-c3c2cc(C)c2ccccc32)cc1. The predicted octanol–water partition coefficient (Wildman–Crippen LogP) is 15.2. The molecule has 1 heteroatoms. The number of benzene rings is 7. The second kappa shape index (κ2) is 16.5. The van der Waals surface area contributed by atoms with Gasteiger partial charge in [-0.15, -0.1) is 0 Å². The third-order valence-electron chi connectivity index (χ3n) is 12.0. The Morgan fingerprint density at radius 1 is 0.436 bits per heavy atom. The van der Waals surface area contributed by atoms with Crippen molar-refractivity contribution in [1.82, 2.24) is 0 Å². The van der Waals surface area contributed by atoms with Crippen molar-refractivity contribution in [2.75, 3.05) is 4.90 Å². The highest BCUT2D eigenvalue weighted by molar-refractivity contribution is 6.06. The third kappa shape index (κ3) is 7.02. The number of fused-ring (bicyclic) bond motifs is 5. The molecular weight excluding hydrogens is 663 g/mol. The summed E-state index contributed by atoms with van der Waals surface area (Å²) in [5, 5.41) is 2.66. The summed E-state index contributed by atoms with van der Waals surface area (Å²) in [5.41, 5.74) is 15.2. The Kier molecular flexibility index (Phi) is 11.0. The van der Waals surface area contributed by atoms with E-state index >= 15 is 0 Å². The van der Waals surface area contributed by atoms with Gasteiger partial charge < -0.3 is 4.90 Å². The van der Waals surface area contributed by atoms with Crippen molar-refractivity contribution in [3.8, 4) is 11.1 Å². The first-order chi connectivity index (χ1) is 27.1. The molecule has 1 nitrogen and oxygen atoms in total. The van der Waals surface area contributed by atoms with Gasteiger partial charge in [-0.3, -0.25) is 0 Å². The lowest BCUT2D eigenvalue weighted by Gasteiger charge is -2.35. The Morgan fingerprint density at radius 2 is 0.945 bits per heavy atom. The fourth-order valence-corrected chi connectivity index (χ4v) is 9.23. The van der Waals surface area contributed by atoms with Crippen molar-refractivity contribution in [2.24, 2.45) is 0 Å². The third-order valence-corrected chi connectivity index (χ3v) is 12.0. The molecule has 0 atom stereocenters. The van der Waals surface area contributed by atoms with Crippen molar-refractivity contribution >= 4 is 27.8 Å². The van der Waals surface area contributed by atoms with Gasteiger partial charge in [0, 0.05) is 17.1 Å². The van der Waals surface area contributed by atoms with Crippen molar-refractivity contribution in [3.05, 3.63) is 197 Å². The largest absolute Gasteiger partial charge is 0.310 e. The van der Waals surface area contributed by atoms with Crippen LogP contribution >= 0.6 is 0 Å². The summed E-state index contributed by atoms with van der Waals surface area (Å²) in [7, 11) is 0. The lowest BCUT2D eigenvalue weighted by molar-refractivity contribution is 0.666. The van der Waals surface area contributed by atoms with E-state index in [1.807, 2.05) is 0 Å². The van der Waals surface area contributed by atoms with Crippen molar-refractivity contribution in [1.29, 1.82) is 0 Å². The molecule has 0 amide bonds. The second-order valence-electron chi connectivity index (χ2n) is 15.7. The van der Waals surface area contributed by atoms with Gasteiger partial charge in [0.25, 0.3) is 0 Å². The van der Waals surface area contributed by atoms with E-state index in [4.69, 9.17) is 0 Å². The molecule has 7 aromatic rings. The van der Waals surface area contributed by atoms with E-state index in [1.165, 1.54) is 112 Å². The lowest BCUT2D eigenvalue weighted by Crippen LogP contribution is -2.29. The molecule has 1 aliphatic rings. The second-order valence-corrected chi connectivity index (χ2v) is 15.7. The lowest BCUT2D eigenvalue weighted by atomic mass is 9.67. The summed E-state index contributed by atoms with van der Waals surface area (Å²) in [5.74, 6) is 0. The fourth-order valence-electron chi connectivity index (χ4n) is 9.23. The highest BCUT2D eigenvalue weighted by Crippen LogP contribution is 2.59.